The number of fused-ring (bicyclic) bond motifs is 1. The summed E-state index contributed by atoms with van der Waals surface area (Å²) in [6, 6.07) is 9.46. The van der Waals surface area contributed by atoms with Gasteiger partial charge in [-0.3, -0.25) is 19.1 Å². The second kappa shape index (κ2) is 11.6. The molecule has 1 aliphatic heterocycles. The van der Waals surface area contributed by atoms with E-state index >= 15 is 0 Å². The van der Waals surface area contributed by atoms with Crippen molar-refractivity contribution in [1.82, 2.24) is 28.9 Å². The van der Waals surface area contributed by atoms with Crippen LogP contribution < -0.4 is 16.6 Å². The number of morpholine rings is 1. The van der Waals surface area contributed by atoms with Gasteiger partial charge in [-0.1, -0.05) is 30.3 Å². The monoisotopic (exact) mass is 498 g/mol. The van der Waals surface area contributed by atoms with Gasteiger partial charge >= 0.3 is 5.69 Å². The molecule has 1 aliphatic rings. The molecule has 11 heteroatoms. The molecule has 0 aliphatic carbocycles. The van der Waals surface area contributed by atoms with Crippen LogP contribution in [0.25, 0.3) is 11.2 Å². The second-order valence-electron chi connectivity index (χ2n) is 9.22. The number of carbonyl (C=O) groups excluding carboxylic acids is 1. The Hall–Kier alpha value is -3.28. The van der Waals surface area contributed by atoms with Crippen LogP contribution in [-0.4, -0.2) is 81.6 Å². The molecule has 1 aromatic carbocycles. The topological polar surface area (TPSA) is 113 Å². The van der Waals surface area contributed by atoms with Gasteiger partial charge in [0.15, 0.2) is 11.2 Å². The van der Waals surface area contributed by atoms with Crippen LogP contribution in [0.15, 0.2) is 46.2 Å². The van der Waals surface area contributed by atoms with Gasteiger partial charge in [0.05, 0.1) is 31.7 Å². The summed E-state index contributed by atoms with van der Waals surface area (Å²) in [5.41, 5.74) is 0.332. The van der Waals surface area contributed by atoms with Crippen molar-refractivity contribution < 1.29 is 14.3 Å². The van der Waals surface area contributed by atoms with E-state index in [0.717, 1.165) is 23.2 Å². The number of nitrogens with one attached hydrogen (secondary N) is 1. The Labute approximate surface area is 209 Å². The lowest BCUT2D eigenvalue weighted by Crippen LogP contribution is -2.48. The number of nitrogens with zero attached hydrogens (tertiary/aromatic N) is 5. The summed E-state index contributed by atoms with van der Waals surface area (Å²) in [5, 5.41) is 2.85. The number of imidazole rings is 1. The minimum absolute atomic E-state index is 0.140. The first-order chi connectivity index (χ1) is 17.4. The number of amides is 1. The van der Waals surface area contributed by atoms with Gasteiger partial charge in [-0.15, -0.1) is 0 Å². The molecule has 2 aromatic heterocycles. The molecule has 4 rings (SSSR count). The first kappa shape index (κ1) is 25.8. The molecule has 0 bridgehead atoms. The molecule has 11 nitrogen and oxygen atoms in total. The molecule has 1 N–H and O–H groups in total. The number of carbonyl (C=O) groups is 1. The Balaban J connectivity index is 1.57. The van der Waals surface area contributed by atoms with Crippen LogP contribution in [0, 0.1) is 0 Å². The van der Waals surface area contributed by atoms with Gasteiger partial charge < -0.3 is 19.4 Å². The minimum atomic E-state index is -0.570. The fourth-order valence-corrected chi connectivity index (χ4v) is 4.67. The summed E-state index contributed by atoms with van der Waals surface area (Å²) in [6.07, 6.45) is 1.81. The Morgan fingerprint density at radius 1 is 1.11 bits per heavy atom. The molecule has 1 saturated heterocycles. The largest absolute Gasteiger partial charge is 0.383 e. The van der Waals surface area contributed by atoms with Crippen molar-refractivity contribution in [3.8, 4) is 0 Å². The van der Waals surface area contributed by atoms with Gasteiger partial charge in [0.1, 0.15) is 6.54 Å². The lowest BCUT2D eigenvalue weighted by Gasteiger charge is -2.35. The molecule has 2 atom stereocenters. The summed E-state index contributed by atoms with van der Waals surface area (Å²) in [6.45, 7) is 7.37. The third kappa shape index (κ3) is 5.92. The number of ether oxygens (including phenoxy) is 2. The van der Waals surface area contributed by atoms with Gasteiger partial charge in [-0.25, -0.2) is 14.3 Å². The van der Waals surface area contributed by atoms with Crippen LogP contribution in [0.3, 0.4) is 0 Å². The molecule has 36 heavy (non-hydrogen) atoms. The Morgan fingerprint density at radius 3 is 2.53 bits per heavy atom. The SMILES string of the molecule is COCCn1cnc2c1c(=O)n(CC(=O)NCCN1CC(C)OC(C)C1)c(=O)n2Cc1ccccc1. The number of rotatable bonds is 10. The van der Waals surface area contributed by atoms with Crippen molar-refractivity contribution in [2.45, 2.75) is 45.7 Å². The quantitative estimate of drug-likeness (QED) is 0.427. The number of hydrogen-bond acceptors (Lipinski definition) is 7. The maximum atomic E-state index is 13.4. The molecular weight excluding hydrogens is 464 g/mol. The van der Waals surface area contributed by atoms with Gasteiger partial charge in [0.2, 0.25) is 5.91 Å². The van der Waals surface area contributed by atoms with Gasteiger partial charge in [0.25, 0.3) is 5.56 Å². The van der Waals surface area contributed by atoms with Crippen molar-refractivity contribution in [3.05, 3.63) is 63.1 Å². The zero-order valence-corrected chi connectivity index (χ0v) is 21.1. The van der Waals surface area contributed by atoms with E-state index in [2.05, 4.69) is 15.2 Å². The third-order valence-electron chi connectivity index (χ3n) is 6.25. The summed E-state index contributed by atoms with van der Waals surface area (Å²) >= 11 is 0. The van der Waals surface area contributed by atoms with Crippen molar-refractivity contribution in [1.29, 1.82) is 0 Å². The summed E-state index contributed by atoms with van der Waals surface area (Å²) < 4.78 is 15.0. The van der Waals surface area contributed by atoms with Gasteiger partial charge in [-0.05, 0) is 19.4 Å². The fourth-order valence-electron chi connectivity index (χ4n) is 4.67. The molecule has 3 heterocycles. The molecule has 2 unspecified atom stereocenters. The maximum Gasteiger partial charge on any atom is 0.333 e. The van der Waals surface area contributed by atoms with Crippen LogP contribution in [0.2, 0.25) is 0 Å². The van der Waals surface area contributed by atoms with E-state index in [1.54, 1.807) is 11.7 Å². The van der Waals surface area contributed by atoms with Crippen molar-refractivity contribution in [3.63, 3.8) is 0 Å². The van der Waals surface area contributed by atoms with Crippen LogP contribution in [0.4, 0.5) is 0 Å². The molecule has 3 aromatic rings. The molecular formula is C25H34N6O5. The standard InChI is InChI=1S/C25H34N6O5/c1-18-13-28(14-19(2)36-18)10-9-26-21(32)16-31-24(33)22-23(27-17-29(22)11-12-35-3)30(25(31)34)15-20-7-5-4-6-8-20/h4-8,17-19H,9-16H2,1-3H3,(H,26,32). The molecule has 194 valence electrons. The van der Waals surface area contributed by atoms with E-state index in [1.165, 1.54) is 10.9 Å². The highest BCUT2D eigenvalue weighted by Crippen LogP contribution is 2.11. The number of hydrogen-bond donors (Lipinski definition) is 1. The first-order valence-electron chi connectivity index (χ1n) is 12.2. The molecule has 0 spiro atoms. The first-order valence-corrected chi connectivity index (χ1v) is 12.2. The van der Waals surface area contributed by atoms with Crippen molar-refractivity contribution in [2.75, 3.05) is 39.9 Å². The van der Waals surface area contributed by atoms with Gasteiger partial charge in [-0.2, -0.15) is 0 Å². The lowest BCUT2D eigenvalue weighted by molar-refractivity contribution is -0.122. The van der Waals surface area contributed by atoms with Crippen molar-refractivity contribution >= 4 is 17.1 Å². The van der Waals surface area contributed by atoms with Crippen molar-refractivity contribution in [2.24, 2.45) is 0 Å². The van der Waals surface area contributed by atoms with Crippen LogP contribution in [0.1, 0.15) is 19.4 Å². The zero-order chi connectivity index (χ0) is 25.7. The van der Waals surface area contributed by atoms with Crippen LogP contribution in [0.5, 0.6) is 0 Å². The Morgan fingerprint density at radius 2 is 1.83 bits per heavy atom. The average Bonchev–Trinajstić information content (AvgIpc) is 3.27. The average molecular weight is 499 g/mol. The molecule has 0 saturated carbocycles. The third-order valence-corrected chi connectivity index (χ3v) is 6.25. The normalized spacial score (nSPS) is 18.5. The Kier molecular flexibility index (Phi) is 8.34. The molecule has 0 radical (unpaired) electrons. The maximum absolute atomic E-state index is 13.4. The summed E-state index contributed by atoms with van der Waals surface area (Å²) in [4.78, 5) is 46.2. The predicted molar refractivity (Wildman–Crippen MR) is 135 cm³/mol. The molecule has 1 amide bonds. The van der Waals surface area contributed by atoms with E-state index in [9.17, 15) is 14.4 Å². The number of benzene rings is 1. The summed E-state index contributed by atoms with van der Waals surface area (Å²) in [7, 11) is 1.57. The minimum Gasteiger partial charge on any atom is -0.383 e. The van der Waals surface area contributed by atoms with Crippen LogP contribution in [-0.2, 0) is 33.9 Å². The van der Waals surface area contributed by atoms with E-state index in [0.29, 0.717) is 26.2 Å². The fraction of sp³-hybridized carbons (Fsp3) is 0.520. The number of methoxy groups -OCH3 is 1. The zero-order valence-electron chi connectivity index (χ0n) is 21.1. The smallest absolute Gasteiger partial charge is 0.333 e. The highest BCUT2D eigenvalue weighted by Gasteiger charge is 2.23. The predicted octanol–water partition coefficient (Wildman–Crippen LogP) is 0.280. The van der Waals surface area contributed by atoms with Crippen LogP contribution >= 0.6 is 0 Å². The van der Waals surface area contributed by atoms with E-state index in [-0.39, 0.29) is 36.5 Å². The second-order valence-corrected chi connectivity index (χ2v) is 9.22. The van der Waals surface area contributed by atoms with E-state index in [4.69, 9.17) is 9.47 Å². The van der Waals surface area contributed by atoms with E-state index < -0.39 is 17.2 Å². The Bertz CT molecular complexity index is 1290. The van der Waals surface area contributed by atoms with E-state index in [1.807, 2.05) is 44.2 Å². The lowest BCUT2D eigenvalue weighted by atomic mass is 10.2. The number of aromatic nitrogens is 4. The van der Waals surface area contributed by atoms with Gasteiger partial charge in [0, 0.05) is 39.8 Å². The highest BCUT2D eigenvalue weighted by molar-refractivity contribution is 5.76. The highest BCUT2D eigenvalue weighted by atomic mass is 16.5. The summed E-state index contributed by atoms with van der Waals surface area (Å²) in [5.74, 6) is -0.392. The molecule has 1 fully saturated rings.